The van der Waals surface area contributed by atoms with Crippen molar-refractivity contribution in [3.05, 3.63) is 41.8 Å². The normalized spacial score (nSPS) is 11.2. The maximum absolute atomic E-state index is 5.99. The van der Waals surface area contributed by atoms with Gasteiger partial charge in [0, 0.05) is 17.6 Å². The van der Waals surface area contributed by atoms with E-state index in [1.165, 1.54) is 11.1 Å². The van der Waals surface area contributed by atoms with Crippen LogP contribution in [0.2, 0.25) is 5.02 Å². The first-order valence-electron chi connectivity index (χ1n) is 6.41. The van der Waals surface area contributed by atoms with E-state index in [1.807, 2.05) is 19.2 Å². The summed E-state index contributed by atoms with van der Waals surface area (Å²) in [5, 5.41) is 18.0. The predicted molar refractivity (Wildman–Crippen MR) is 79.5 cm³/mol. The van der Waals surface area contributed by atoms with Crippen LogP contribution in [0.25, 0.3) is 28.2 Å². The standard InChI is InChI=1S/C13H9ClN8/c1-21-12-10(6-17-21)13(16-7-15-12)22-19-11(18-20-22)8-3-2-4-9(14)5-8/h2-7H,1H3. The van der Waals surface area contributed by atoms with Crippen LogP contribution < -0.4 is 0 Å². The van der Waals surface area contributed by atoms with Gasteiger partial charge >= 0.3 is 0 Å². The van der Waals surface area contributed by atoms with Crippen LogP contribution in [-0.2, 0) is 7.05 Å². The first kappa shape index (κ1) is 12.8. The van der Waals surface area contributed by atoms with Gasteiger partial charge in [-0.2, -0.15) is 5.10 Å². The van der Waals surface area contributed by atoms with Gasteiger partial charge < -0.3 is 0 Å². The third kappa shape index (κ3) is 2.01. The van der Waals surface area contributed by atoms with Crippen molar-refractivity contribution in [2.75, 3.05) is 0 Å². The molecule has 0 radical (unpaired) electrons. The average molecular weight is 313 g/mol. The summed E-state index contributed by atoms with van der Waals surface area (Å²) in [5.41, 5.74) is 1.49. The number of rotatable bonds is 2. The SMILES string of the molecule is Cn1ncc2c(-n3nnc(-c4cccc(Cl)c4)n3)ncnc21. The Bertz CT molecular complexity index is 973. The molecule has 8 nitrogen and oxygen atoms in total. The second-order valence-corrected chi connectivity index (χ2v) is 5.05. The Kier molecular flexibility index (Phi) is 2.83. The van der Waals surface area contributed by atoms with Crippen LogP contribution in [0.3, 0.4) is 0 Å². The lowest BCUT2D eigenvalue weighted by molar-refractivity contribution is 0.704. The number of aryl methyl sites for hydroxylation is 1. The predicted octanol–water partition coefficient (Wildman–Crippen LogP) is 1.66. The van der Waals surface area contributed by atoms with E-state index in [2.05, 4.69) is 30.5 Å². The Hall–Kier alpha value is -2.87. The Morgan fingerprint density at radius 3 is 2.95 bits per heavy atom. The van der Waals surface area contributed by atoms with Crippen LogP contribution in [0.15, 0.2) is 36.8 Å². The molecular formula is C13H9ClN8. The van der Waals surface area contributed by atoms with Crippen LogP contribution in [-0.4, -0.2) is 40.0 Å². The molecule has 108 valence electrons. The number of nitrogens with zero attached hydrogens (tertiary/aromatic N) is 8. The molecule has 0 unspecified atom stereocenters. The Morgan fingerprint density at radius 2 is 2.09 bits per heavy atom. The molecule has 0 aliphatic rings. The molecule has 1 aromatic carbocycles. The highest BCUT2D eigenvalue weighted by atomic mass is 35.5. The minimum absolute atomic E-state index is 0.471. The molecule has 0 saturated carbocycles. The number of hydrogen-bond acceptors (Lipinski definition) is 6. The molecule has 3 heterocycles. The topological polar surface area (TPSA) is 87.2 Å². The highest BCUT2D eigenvalue weighted by Crippen LogP contribution is 2.20. The van der Waals surface area contributed by atoms with Crippen molar-refractivity contribution in [2.24, 2.45) is 7.05 Å². The van der Waals surface area contributed by atoms with Crippen molar-refractivity contribution < 1.29 is 0 Å². The second kappa shape index (κ2) is 4.85. The Morgan fingerprint density at radius 1 is 1.18 bits per heavy atom. The zero-order chi connectivity index (χ0) is 15.1. The first-order chi connectivity index (χ1) is 10.7. The summed E-state index contributed by atoms with van der Waals surface area (Å²) < 4.78 is 1.66. The van der Waals surface area contributed by atoms with E-state index < -0.39 is 0 Å². The van der Waals surface area contributed by atoms with E-state index in [0.29, 0.717) is 22.3 Å². The Balaban J connectivity index is 1.84. The third-order valence-electron chi connectivity index (χ3n) is 3.19. The highest BCUT2D eigenvalue weighted by Gasteiger charge is 2.13. The van der Waals surface area contributed by atoms with E-state index >= 15 is 0 Å². The number of hydrogen-bond donors (Lipinski definition) is 0. The Labute approximate surface area is 129 Å². The number of aromatic nitrogens is 8. The van der Waals surface area contributed by atoms with Crippen LogP contribution in [0.4, 0.5) is 0 Å². The minimum Gasteiger partial charge on any atom is -0.250 e. The molecule has 0 bridgehead atoms. The summed E-state index contributed by atoms with van der Waals surface area (Å²) in [5.74, 6) is 0.997. The van der Waals surface area contributed by atoms with Crippen molar-refractivity contribution >= 4 is 22.6 Å². The van der Waals surface area contributed by atoms with Gasteiger partial charge in [0.1, 0.15) is 6.33 Å². The molecule has 4 rings (SSSR count). The number of fused-ring (bicyclic) bond motifs is 1. The molecule has 22 heavy (non-hydrogen) atoms. The summed E-state index contributed by atoms with van der Waals surface area (Å²) >= 11 is 5.99. The van der Waals surface area contributed by atoms with Gasteiger partial charge in [0.25, 0.3) is 0 Å². The quantitative estimate of drug-likeness (QED) is 0.559. The van der Waals surface area contributed by atoms with Crippen LogP contribution in [0, 0.1) is 0 Å². The molecule has 0 fully saturated rings. The summed E-state index contributed by atoms with van der Waals surface area (Å²) in [6, 6.07) is 7.27. The lowest BCUT2D eigenvalue weighted by Gasteiger charge is -1.99. The highest BCUT2D eigenvalue weighted by molar-refractivity contribution is 6.30. The van der Waals surface area contributed by atoms with Gasteiger partial charge in [-0.15, -0.1) is 15.0 Å². The van der Waals surface area contributed by atoms with Crippen molar-refractivity contribution in [3.8, 4) is 17.2 Å². The van der Waals surface area contributed by atoms with Gasteiger partial charge in [-0.1, -0.05) is 23.7 Å². The second-order valence-electron chi connectivity index (χ2n) is 4.62. The minimum atomic E-state index is 0.471. The molecule has 9 heteroatoms. The fourth-order valence-corrected chi connectivity index (χ4v) is 2.35. The molecule has 4 aromatic rings. The fourth-order valence-electron chi connectivity index (χ4n) is 2.16. The van der Waals surface area contributed by atoms with Crippen molar-refractivity contribution in [2.45, 2.75) is 0 Å². The molecule has 0 saturated heterocycles. The first-order valence-corrected chi connectivity index (χ1v) is 6.79. The summed E-state index contributed by atoms with van der Waals surface area (Å²) in [6.45, 7) is 0. The smallest absolute Gasteiger partial charge is 0.205 e. The zero-order valence-electron chi connectivity index (χ0n) is 11.4. The summed E-state index contributed by atoms with van der Waals surface area (Å²) in [7, 11) is 1.81. The van der Waals surface area contributed by atoms with Crippen LogP contribution in [0.5, 0.6) is 0 Å². The summed E-state index contributed by atoms with van der Waals surface area (Å²) in [6.07, 6.45) is 3.12. The van der Waals surface area contributed by atoms with E-state index in [1.54, 1.807) is 23.0 Å². The van der Waals surface area contributed by atoms with Gasteiger partial charge in [0.15, 0.2) is 11.5 Å². The van der Waals surface area contributed by atoms with Crippen molar-refractivity contribution in [1.82, 2.24) is 40.0 Å². The van der Waals surface area contributed by atoms with Gasteiger partial charge in [-0.25, -0.2) is 9.97 Å². The van der Waals surface area contributed by atoms with Crippen LogP contribution >= 0.6 is 11.6 Å². The van der Waals surface area contributed by atoms with Crippen molar-refractivity contribution in [1.29, 1.82) is 0 Å². The monoisotopic (exact) mass is 312 g/mol. The number of tetrazole rings is 1. The number of benzene rings is 1. The average Bonchev–Trinajstić information content (AvgIpc) is 3.15. The van der Waals surface area contributed by atoms with E-state index in [4.69, 9.17) is 11.6 Å². The van der Waals surface area contributed by atoms with Gasteiger partial charge in [-0.3, -0.25) is 4.68 Å². The van der Waals surface area contributed by atoms with E-state index in [0.717, 1.165) is 10.9 Å². The molecule has 0 atom stereocenters. The van der Waals surface area contributed by atoms with Crippen molar-refractivity contribution in [3.63, 3.8) is 0 Å². The zero-order valence-corrected chi connectivity index (χ0v) is 12.2. The van der Waals surface area contributed by atoms with Crippen LogP contribution in [0.1, 0.15) is 0 Å². The number of halogens is 1. The summed E-state index contributed by atoms with van der Waals surface area (Å²) in [4.78, 5) is 9.77. The molecule has 3 aromatic heterocycles. The fraction of sp³-hybridized carbons (Fsp3) is 0.0769. The molecule has 0 N–H and O–H groups in total. The largest absolute Gasteiger partial charge is 0.250 e. The molecule has 0 spiro atoms. The lowest BCUT2D eigenvalue weighted by atomic mass is 10.2. The third-order valence-corrected chi connectivity index (χ3v) is 3.43. The molecule has 0 amide bonds. The maximum atomic E-state index is 5.99. The molecule has 0 aliphatic heterocycles. The lowest BCUT2D eigenvalue weighted by Crippen LogP contribution is -2.03. The van der Waals surface area contributed by atoms with E-state index in [-0.39, 0.29) is 0 Å². The van der Waals surface area contributed by atoms with Gasteiger partial charge in [0.05, 0.1) is 11.6 Å². The van der Waals surface area contributed by atoms with Gasteiger partial charge in [0.2, 0.25) is 5.82 Å². The maximum Gasteiger partial charge on any atom is 0.205 e. The molecule has 0 aliphatic carbocycles. The van der Waals surface area contributed by atoms with Gasteiger partial charge in [-0.05, 0) is 17.3 Å². The van der Waals surface area contributed by atoms with E-state index in [9.17, 15) is 0 Å². The molecular weight excluding hydrogens is 304 g/mol.